The number of ether oxygens (including phenoxy) is 1. The minimum Gasteiger partial charge on any atom is -0.493 e. The van der Waals surface area contributed by atoms with Gasteiger partial charge in [0.1, 0.15) is 5.75 Å². The maximum atomic E-state index is 12.7. The summed E-state index contributed by atoms with van der Waals surface area (Å²) < 4.78 is 5.70. The van der Waals surface area contributed by atoms with Crippen molar-refractivity contribution < 1.29 is 9.53 Å². The van der Waals surface area contributed by atoms with E-state index < -0.39 is 0 Å². The van der Waals surface area contributed by atoms with Crippen LogP contribution in [0.4, 0.5) is 0 Å². The molecule has 1 saturated heterocycles. The number of benzene rings is 2. The Labute approximate surface area is 161 Å². The first-order chi connectivity index (χ1) is 13.2. The molecule has 2 aliphatic rings. The van der Waals surface area contributed by atoms with Crippen LogP contribution in [0.25, 0.3) is 0 Å². The Morgan fingerprint density at radius 1 is 1.15 bits per heavy atom. The molecule has 0 radical (unpaired) electrons. The maximum absolute atomic E-state index is 12.7. The van der Waals surface area contributed by atoms with Crippen molar-refractivity contribution >= 4 is 5.91 Å². The van der Waals surface area contributed by atoms with Crippen molar-refractivity contribution in [2.75, 3.05) is 19.7 Å². The van der Waals surface area contributed by atoms with Gasteiger partial charge in [-0.05, 0) is 49.9 Å². The predicted octanol–water partition coefficient (Wildman–Crippen LogP) is 3.64. The molecule has 4 nitrogen and oxygen atoms in total. The lowest BCUT2D eigenvalue weighted by Gasteiger charge is -2.29. The number of hydrogen-bond acceptors (Lipinski definition) is 3. The summed E-state index contributed by atoms with van der Waals surface area (Å²) in [6.07, 6.45) is 4.20. The second kappa shape index (κ2) is 8.13. The van der Waals surface area contributed by atoms with Crippen LogP contribution < -0.4 is 10.1 Å². The Kier molecular flexibility index (Phi) is 5.44. The molecule has 4 rings (SSSR count). The van der Waals surface area contributed by atoms with Crippen molar-refractivity contribution in [3.05, 3.63) is 65.2 Å². The number of rotatable bonds is 5. The van der Waals surface area contributed by atoms with Gasteiger partial charge in [0.05, 0.1) is 19.2 Å². The SMILES string of the molecule is Cc1ccccc1CC1CCCN1CC(=O)NC1CCOc2ccccc21. The molecule has 2 aliphatic heterocycles. The first kappa shape index (κ1) is 18.1. The highest BCUT2D eigenvalue weighted by Crippen LogP contribution is 2.31. The van der Waals surface area contributed by atoms with Crippen molar-refractivity contribution in [2.45, 2.75) is 44.7 Å². The monoisotopic (exact) mass is 364 g/mol. The van der Waals surface area contributed by atoms with E-state index in [0.29, 0.717) is 19.2 Å². The van der Waals surface area contributed by atoms with Gasteiger partial charge < -0.3 is 10.1 Å². The normalized spacial score (nSPS) is 22.1. The number of nitrogens with zero attached hydrogens (tertiary/aromatic N) is 1. The molecule has 142 valence electrons. The van der Waals surface area contributed by atoms with Gasteiger partial charge >= 0.3 is 0 Å². The summed E-state index contributed by atoms with van der Waals surface area (Å²) in [5.74, 6) is 1.01. The van der Waals surface area contributed by atoms with E-state index in [1.54, 1.807) is 0 Å². The summed E-state index contributed by atoms with van der Waals surface area (Å²) in [5.41, 5.74) is 3.83. The summed E-state index contributed by atoms with van der Waals surface area (Å²) in [4.78, 5) is 15.1. The average Bonchev–Trinajstić information content (AvgIpc) is 3.10. The highest BCUT2D eigenvalue weighted by molar-refractivity contribution is 5.78. The molecule has 0 spiro atoms. The first-order valence-electron chi connectivity index (χ1n) is 10.0. The van der Waals surface area contributed by atoms with Gasteiger partial charge in [0.2, 0.25) is 5.91 Å². The molecule has 2 atom stereocenters. The predicted molar refractivity (Wildman–Crippen MR) is 107 cm³/mol. The summed E-state index contributed by atoms with van der Waals surface area (Å²) in [5, 5.41) is 3.24. The number of amides is 1. The van der Waals surface area contributed by atoms with Crippen molar-refractivity contribution in [1.82, 2.24) is 10.2 Å². The van der Waals surface area contributed by atoms with Crippen molar-refractivity contribution in [3.8, 4) is 5.75 Å². The highest BCUT2D eigenvalue weighted by atomic mass is 16.5. The number of carbonyl (C=O) groups is 1. The molecule has 27 heavy (non-hydrogen) atoms. The zero-order chi connectivity index (χ0) is 18.6. The summed E-state index contributed by atoms with van der Waals surface area (Å²) in [6, 6.07) is 17.1. The Balaban J connectivity index is 1.37. The zero-order valence-electron chi connectivity index (χ0n) is 16.0. The van der Waals surface area contributed by atoms with Gasteiger partial charge in [0.25, 0.3) is 0 Å². The molecule has 2 aromatic rings. The standard InChI is InChI=1S/C23H28N2O2/c1-17-7-2-3-8-18(17)15-19-9-6-13-25(19)16-23(26)24-21-12-14-27-22-11-5-4-10-20(21)22/h2-5,7-8,10-11,19,21H,6,9,12-16H2,1H3,(H,24,26). The van der Waals surface area contributed by atoms with Crippen molar-refractivity contribution in [3.63, 3.8) is 0 Å². The summed E-state index contributed by atoms with van der Waals surface area (Å²) in [7, 11) is 0. The zero-order valence-corrected chi connectivity index (χ0v) is 16.0. The fraction of sp³-hybridized carbons (Fsp3) is 0.435. The lowest BCUT2D eigenvalue weighted by Crippen LogP contribution is -2.42. The Morgan fingerprint density at radius 2 is 1.96 bits per heavy atom. The third kappa shape index (κ3) is 4.16. The molecule has 2 heterocycles. The molecule has 2 unspecified atom stereocenters. The minimum atomic E-state index is 0.0554. The van der Waals surface area contributed by atoms with Gasteiger partial charge in [0.15, 0.2) is 0 Å². The third-order valence-corrected chi connectivity index (χ3v) is 5.86. The lowest BCUT2D eigenvalue weighted by molar-refractivity contribution is -0.123. The van der Waals surface area contributed by atoms with Gasteiger partial charge in [-0.2, -0.15) is 0 Å². The number of aryl methyl sites for hydroxylation is 1. The lowest BCUT2D eigenvalue weighted by atomic mass is 9.99. The number of fused-ring (bicyclic) bond motifs is 1. The number of likely N-dealkylation sites (tertiary alicyclic amines) is 1. The fourth-order valence-corrected chi connectivity index (χ4v) is 4.34. The van der Waals surface area contributed by atoms with Crippen molar-refractivity contribution in [2.24, 2.45) is 0 Å². The van der Waals surface area contributed by atoms with Crippen LogP contribution in [0, 0.1) is 6.92 Å². The van der Waals surface area contributed by atoms with Gasteiger partial charge in [-0.25, -0.2) is 0 Å². The second-order valence-electron chi connectivity index (χ2n) is 7.69. The topological polar surface area (TPSA) is 41.6 Å². The minimum absolute atomic E-state index is 0.0554. The van der Waals surface area contributed by atoms with E-state index in [9.17, 15) is 4.79 Å². The van der Waals surface area contributed by atoms with E-state index in [1.807, 2.05) is 18.2 Å². The fourth-order valence-electron chi connectivity index (χ4n) is 4.34. The molecule has 1 fully saturated rings. The van der Waals surface area contributed by atoms with Crippen molar-refractivity contribution in [1.29, 1.82) is 0 Å². The number of carbonyl (C=O) groups excluding carboxylic acids is 1. The number of hydrogen-bond donors (Lipinski definition) is 1. The van der Waals surface area contributed by atoms with Crippen LogP contribution in [0.15, 0.2) is 48.5 Å². The maximum Gasteiger partial charge on any atom is 0.234 e. The van der Waals surface area contributed by atoms with Gasteiger partial charge in [-0.3, -0.25) is 9.69 Å². The van der Waals surface area contributed by atoms with Crippen LogP contribution >= 0.6 is 0 Å². The molecule has 0 bridgehead atoms. The van der Waals surface area contributed by atoms with Gasteiger partial charge in [0, 0.05) is 18.0 Å². The second-order valence-corrected chi connectivity index (χ2v) is 7.69. The summed E-state index contributed by atoms with van der Waals surface area (Å²) >= 11 is 0. The van der Waals surface area contributed by atoms with E-state index in [2.05, 4.69) is 47.5 Å². The van der Waals surface area contributed by atoms with E-state index >= 15 is 0 Å². The van der Waals surface area contributed by atoms with Crippen LogP contribution in [0.1, 0.15) is 42.0 Å². The smallest absolute Gasteiger partial charge is 0.234 e. The van der Waals surface area contributed by atoms with Crippen LogP contribution in [0.5, 0.6) is 5.75 Å². The molecule has 1 amide bonds. The Hall–Kier alpha value is -2.33. The molecule has 0 saturated carbocycles. The van der Waals surface area contributed by atoms with E-state index in [0.717, 1.165) is 30.7 Å². The molecule has 0 aliphatic carbocycles. The van der Waals surface area contributed by atoms with Gasteiger partial charge in [-0.1, -0.05) is 42.5 Å². The quantitative estimate of drug-likeness (QED) is 0.881. The van der Waals surface area contributed by atoms with Gasteiger partial charge in [-0.15, -0.1) is 0 Å². The van der Waals surface area contributed by atoms with Crippen LogP contribution in [-0.2, 0) is 11.2 Å². The number of para-hydroxylation sites is 1. The molecule has 1 N–H and O–H groups in total. The van der Waals surface area contributed by atoms with Crippen LogP contribution in [-0.4, -0.2) is 36.5 Å². The van der Waals surface area contributed by atoms with E-state index in [4.69, 9.17) is 4.74 Å². The molecule has 2 aromatic carbocycles. The molecular formula is C23H28N2O2. The Bertz CT molecular complexity index is 804. The molecular weight excluding hydrogens is 336 g/mol. The average molecular weight is 364 g/mol. The Morgan fingerprint density at radius 3 is 2.85 bits per heavy atom. The van der Waals surface area contributed by atoms with Crippen LogP contribution in [0.2, 0.25) is 0 Å². The first-order valence-corrected chi connectivity index (χ1v) is 10.0. The largest absolute Gasteiger partial charge is 0.493 e. The van der Waals surface area contributed by atoms with E-state index in [-0.39, 0.29) is 11.9 Å². The number of nitrogens with one attached hydrogen (secondary N) is 1. The van der Waals surface area contributed by atoms with Crippen LogP contribution in [0.3, 0.4) is 0 Å². The highest BCUT2D eigenvalue weighted by Gasteiger charge is 2.28. The third-order valence-electron chi connectivity index (χ3n) is 5.86. The molecule has 0 aromatic heterocycles. The summed E-state index contributed by atoms with van der Waals surface area (Å²) in [6.45, 7) is 4.32. The van der Waals surface area contributed by atoms with E-state index in [1.165, 1.54) is 24.0 Å². The molecule has 4 heteroatoms.